The van der Waals surface area contributed by atoms with E-state index in [1.54, 1.807) is 6.20 Å². The van der Waals surface area contributed by atoms with Gasteiger partial charge in [0, 0.05) is 6.20 Å². The van der Waals surface area contributed by atoms with Gasteiger partial charge in [0.15, 0.2) is 0 Å². The van der Waals surface area contributed by atoms with Crippen LogP contribution in [-0.2, 0) is 6.54 Å². The number of rotatable bonds is 1. The molecule has 5 heteroatoms. The van der Waals surface area contributed by atoms with Crippen molar-refractivity contribution in [2.45, 2.75) is 6.54 Å². The van der Waals surface area contributed by atoms with E-state index < -0.39 is 0 Å². The average molecular weight is 159 g/mol. The number of aromatic nitrogens is 4. The number of aromatic amines is 1. The summed E-state index contributed by atoms with van der Waals surface area (Å²) in [4.78, 5) is 7.26. The van der Waals surface area contributed by atoms with Gasteiger partial charge in [0.25, 0.3) is 0 Å². The molecule has 2 rings (SSSR count). The first-order valence-electron chi connectivity index (χ1n) is 3.39. The molecule has 0 spiro atoms. The maximum atomic E-state index is 6.66. The van der Waals surface area contributed by atoms with Crippen molar-refractivity contribution in [3.63, 3.8) is 0 Å². The Morgan fingerprint density at radius 2 is 2.42 bits per heavy atom. The van der Waals surface area contributed by atoms with Gasteiger partial charge in [-0.05, 0) is 6.07 Å². The predicted molar refractivity (Wildman–Crippen MR) is 42.0 cm³/mol. The molecule has 0 unspecified atom stereocenters. The number of nitrogens with one attached hydrogen (secondary N) is 1. The summed E-state index contributed by atoms with van der Waals surface area (Å²) in [6, 6.07) is 1.81. The third-order valence-electron chi connectivity index (χ3n) is 1.49. The minimum absolute atomic E-state index is 0.343. The van der Waals surface area contributed by atoms with Gasteiger partial charge in [0.2, 0.25) is 12.2 Å². The van der Waals surface area contributed by atoms with E-state index in [0.29, 0.717) is 17.7 Å². The molecule has 0 radical (unpaired) electrons. The summed E-state index contributed by atoms with van der Waals surface area (Å²) in [5.41, 5.74) is 2.16. The van der Waals surface area contributed by atoms with E-state index in [9.17, 15) is 0 Å². The van der Waals surface area contributed by atoms with Gasteiger partial charge < -0.3 is 4.85 Å². The van der Waals surface area contributed by atoms with E-state index in [2.05, 4.69) is 25.2 Å². The van der Waals surface area contributed by atoms with Gasteiger partial charge >= 0.3 is 0 Å². The quantitative estimate of drug-likeness (QED) is 0.625. The Bertz CT molecular complexity index is 438. The number of fused-ring (bicyclic) bond motifs is 1. The Morgan fingerprint density at radius 1 is 1.50 bits per heavy atom. The van der Waals surface area contributed by atoms with Crippen LogP contribution in [-0.4, -0.2) is 20.4 Å². The molecule has 0 atom stereocenters. The van der Waals surface area contributed by atoms with Crippen molar-refractivity contribution < 1.29 is 0 Å². The fraction of sp³-hybridized carbons (Fsp3) is 0.143. The molecular formula is C7H5N5. The molecular weight excluding hydrogens is 154 g/mol. The van der Waals surface area contributed by atoms with Gasteiger partial charge in [-0.25, -0.2) is 11.6 Å². The Hall–Kier alpha value is -1.96. The summed E-state index contributed by atoms with van der Waals surface area (Å²) in [6.07, 6.45) is 1.64. The number of hydrogen-bond donors (Lipinski definition) is 1. The molecule has 0 bridgehead atoms. The SMILES string of the molecule is [C-]#[N+]Cc1cnc2n[nH]nc2c1. The lowest BCUT2D eigenvalue weighted by molar-refractivity contribution is 0.954. The van der Waals surface area contributed by atoms with Crippen LogP contribution < -0.4 is 0 Å². The third kappa shape index (κ3) is 0.992. The molecule has 1 N–H and O–H groups in total. The molecule has 0 saturated carbocycles. The first-order valence-corrected chi connectivity index (χ1v) is 3.39. The van der Waals surface area contributed by atoms with Gasteiger partial charge in [-0.15, -0.1) is 5.10 Å². The highest BCUT2D eigenvalue weighted by molar-refractivity contribution is 5.68. The predicted octanol–water partition coefficient (Wildman–Crippen LogP) is 0.772. The van der Waals surface area contributed by atoms with E-state index >= 15 is 0 Å². The number of pyridine rings is 1. The topological polar surface area (TPSA) is 58.8 Å². The minimum atomic E-state index is 0.343. The van der Waals surface area contributed by atoms with Crippen molar-refractivity contribution in [1.82, 2.24) is 20.4 Å². The fourth-order valence-electron chi connectivity index (χ4n) is 0.960. The zero-order chi connectivity index (χ0) is 8.39. The summed E-state index contributed by atoms with van der Waals surface area (Å²) < 4.78 is 0. The lowest BCUT2D eigenvalue weighted by atomic mass is 10.3. The van der Waals surface area contributed by atoms with Crippen LogP contribution >= 0.6 is 0 Å². The first kappa shape index (κ1) is 6.73. The molecule has 2 aromatic heterocycles. The van der Waals surface area contributed by atoms with Crippen LogP contribution in [0, 0.1) is 6.57 Å². The summed E-state index contributed by atoms with van der Waals surface area (Å²) >= 11 is 0. The minimum Gasteiger partial charge on any atom is -0.312 e. The van der Waals surface area contributed by atoms with Crippen molar-refractivity contribution >= 4 is 11.2 Å². The van der Waals surface area contributed by atoms with E-state index in [0.717, 1.165) is 5.56 Å². The van der Waals surface area contributed by atoms with Crippen molar-refractivity contribution in [3.8, 4) is 0 Å². The average Bonchev–Trinajstić information content (AvgIpc) is 2.51. The highest BCUT2D eigenvalue weighted by atomic mass is 15.3. The molecule has 0 aromatic carbocycles. The fourth-order valence-corrected chi connectivity index (χ4v) is 0.960. The van der Waals surface area contributed by atoms with Crippen LogP contribution in [0.3, 0.4) is 0 Å². The molecule has 58 valence electrons. The normalized spacial score (nSPS) is 9.92. The van der Waals surface area contributed by atoms with E-state index in [1.807, 2.05) is 6.07 Å². The van der Waals surface area contributed by atoms with Crippen molar-refractivity contribution in [3.05, 3.63) is 29.2 Å². The van der Waals surface area contributed by atoms with E-state index in [-0.39, 0.29) is 0 Å². The summed E-state index contributed by atoms with van der Waals surface area (Å²) in [6.45, 7) is 7.01. The lowest BCUT2D eigenvalue weighted by Gasteiger charge is -1.88. The Labute approximate surface area is 68.3 Å². The second-order valence-corrected chi connectivity index (χ2v) is 2.33. The molecule has 0 amide bonds. The molecule has 0 fully saturated rings. The number of nitrogens with zero attached hydrogens (tertiary/aromatic N) is 4. The molecule has 2 heterocycles. The smallest absolute Gasteiger partial charge is 0.241 e. The Kier molecular flexibility index (Phi) is 1.45. The van der Waals surface area contributed by atoms with Crippen molar-refractivity contribution in [1.29, 1.82) is 0 Å². The second-order valence-electron chi connectivity index (χ2n) is 2.33. The van der Waals surface area contributed by atoms with Gasteiger partial charge in [-0.3, -0.25) is 0 Å². The standard InChI is InChI=1S/C7H5N5/c1-8-3-5-2-6-7(9-4-5)11-12-10-6/h2,4H,3H2,(H,9,10,11,12). The zero-order valence-corrected chi connectivity index (χ0v) is 6.15. The lowest BCUT2D eigenvalue weighted by Crippen LogP contribution is -1.83. The highest BCUT2D eigenvalue weighted by Gasteiger charge is 2.01. The van der Waals surface area contributed by atoms with Crippen LogP contribution in [0.1, 0.15) is 5.56 Å². The maximum Gasteiger partial charge on any atom is 0.241 e. The molecule has 5 nitrogen and oxygen atoms in total. The number of H-pyrrole nitrogens is 1. The van der Waals surface area contributed by atoms with E-state index in [1.165, 1.54) is 0 Å². The van der Waals surface area contributed by atoms with E-state index in [4.69, 9.17) is 6.57 Å². The van der Waals surface area contributed by atoms with Crippen LogP contribution in [0.4, 0.5) is 0 Å². The number of hydrogen-bond acceptors (Lipinski definition) is 3. The largest absolute Gasteiger partial charge is 0.312 e. The maximum absolute atomic E-state index is 6.66. The molecule has 0 saturated heterocycles. The van der Waals surface area contributed by atoms with Crippen LogP contribution in [0.2, 0.25) is 0 Å². The summed E-state index contributed by atoms with van der Waals surface area (Å²) in [5, 5.41) is 10.1. The summed E-state index contributed by atoms with van der Waals surface area (Å²) in [5.74, 6) is 0. The van der Waals surface area contributed by atoms with Gasteiger partial charge in [-0.2, -0.15) is 10.3 Å². The Morgan fingerprint density at radius 3 is 3.25 bits per heavy atom. The van der Waals surface area contributed by atoms with Gasteiger partial charge in [0.05, 0.1) is 5.56 Å². The van der Waals surface area contributed by atoms with Gasteiger partial charge in [-0.1, -0.05) is 0 Å². The van der Waals surface area contributed by atoms with Crippen LogP contribution in [0.15, 0.2) is 12.3 Å². The highest BCUT2D eigenvalue weighted by Crippen LogP contribution is 2.07. The summed E-state index contributed by atoms with van der Waals surface area (Å²) in [7, 11) is 0. The van der Waals surface area contributed by atoms with Crippen LogP contribution in [0.25, 0.3) is 16.0 Å². The van der Waals surface area contributed by atoms with Crippen LogP contribution in [0.5, 0.6) is 0 Å². The molecule has 0 aliphatic heterocycles. The van der Waals surface area contributed by atoms with Crippen molar-refractivity contribution in [2.24, 2.45) is 0 Å². The molecule has 2 aromatic rings. The second kappa shape index (κ2) is 2.58. The molecule has 12 heavy (non-hydrogen) atoms. The first-order chi connectivity index (χ1) is 5.90. The molecule has 0 aliphatic carbocycles. The van der Waals surface area contributed by atoms with Gasteiger partial charge in [0.1, 0.15) is 5.52 Å². The third-order valence-corrected chi connectivity index (χ3v) is 1.49. The monoisotopic (exact) mass is 159 g/mol. The Balaban J connectivity index is 2.54. The molecule has 0 aliphatic rings. The zero-order valence-electron chi connectivity index (χ0n) is 6.15. The van der Waals surface area contributed by atoms with Crippen molar-refractivity contribution in [2.75, 3.05) is 0 Å².